The first-order valence-corrected chi connectivity index (χ1v) is 7.46. The number of methoxy groups -OCH3 is 1. The van der Waals surface area contributed by atoms with Crippen molar-refractivity contribution in [1.82, 2.24) is 0 Å². The summed E-state index contributed by atoms with van der Waals surface area (Å²) in [4.78, 5) is 18.7. The average Bonchev–Trinajstić information content (AvgIpc) is 2.94. The number of carbonyl (C=O) groups is 1. The zero-order valence-corrected chi connectivity index (χ0v) is 13.0. The summed E-state index contributed by atoms with van der Waals surface area (Å²) in [5, 5.41) is 0.204. The molecule has 2 aromatic carbocycles. The molecular formula is C17H12N2O3S. The van der Waals surface area contributed by atoms with Crippen molar-refractivity contribution >= 4 is 34.6 Å². The lowest BCUT2D eigenvalue weighted by Crippen LogP contribution is -2.50. The molecule has 0 N–H and O–H groups in total. The molecule has 2 aliphatic heterocycles. The normalized spacial score (nSPS) is 18.9. The third-order valence-electron chi connectivity index (χ3n) is 3.82. The molecule has 0 fully saturated rings. The quantitative estimate of drug-likeness (QED) is 0.797. The molecule has 1 unspecified atom stereocenters. The van der Waals surface area contributed by atoms with Crippen LogP contribution < -0.4 is 14.4 Å². The molecule has 0 spiro atoms. The number of fused-ring (bicyclic) bond motifs is 3. The van der Waals surface area contributed by atoms with Crippen molar-refractivity contribution < 1.29 is 14.3 Å². The van der Waals surface area contributed by atoms with Gasteiger partial charge in [-0.2, -0.15) is 0 Å². The van der Waals surface area contributed by atoms with Gasteiger partial charge in [-0.1, -0.05) is 18.2 Å². The Morgan fingerprint density at radius 1 is 1.22 bits per heavy atom. The van der Waals surface area contributed by atoms with Gasteiger partial charge in [0.1, 0.15) is 17.2 Å². The maximum absolute atomic E-state index is 12.9. The van der Waals surface area contributed by atoms with E-state index in [1.54, 1.807) is 31.4 Å². The summed E-state index contributed by atoms with van der Waals surface area (Å²) in [6.07, 6.45) is -0.759. The van der Waals surface area contributed by atoms with E-state index in [4.69, 9.17) is 21.7 Å². The number of ether oxygens (including phenoxy) is 2. The minimum absolute atomic E-state index is 0.204. The molecule has 2 aromatic rings. The fourth-order valence-corrected chi connectivity index (χ4v) is 3.04. The van der Waals surface area contributed by atoms with Gasteiger partial charge >= 0.3 is 0 Å². The zero-order chi connectivity index (χ0) is 16.0. The van der Waals surface area contributed by atoms with Crippen LogP contribution in [-0.2, 0) is 4.79 Å². The lowest BCUT2D eigenvalue weighted by Gasteiger charge is -2.28. The lowest BCUT2D eigenvalue weighted by molar-refractivity contribution is -0.121. The first-order valence-electron chi connectivity index (χ1n) is 7.05. The highest BCUT2D eigenvalue weighted by Crippen LogP contribution is 2.34. The molecule has 1 amide bonds. The Bertz CT molecular complexity index is 862. The SMILES string of the molecule is COc1cccc(N2C(=O)C3Oc4ccccc4C3=NC2=S)c1. The summed E-state index contributed by atoms with van der Waals surface area (Å²) >= 11 is 5.34. The summed E-state index contributed by atoms with van der Waals surface area (Å²) in [5.41, 5.74) is 2.01. The summed E-state index contributed by atoms with van der Waals surface area (Å²) < 4.78 is 11.0. The van der Waals surface area contributed by atoms with E-state index in [1.165, 1.54) is 4.90 Å². The smallest absolute Gasteiger partial charge is 0.280 e. The molecule has 0 saturated heterocycles. The van der Waals surface area contributed by atoms with Crippen LogP contribution in [0.25, 0.3) is 0 Å². The van der Waals surface area contributed by atoms with Gasteiger partial charge < -0.3 is 9.47 Å². The number of carbonyl (C=O) groups excluding carboxylic acids is 1. The van der Waals surface area contributed by atoms with Crippen LogP contribution in [0.15, 0.2) is 53.5 Å². The summed E-state index contributed by atoms with van der Waals surface area (Å²) in [6, 6.07) is 14.6. The number of hydrogen-bond donors (Lipinski definition) is 0. The van der Waals surface area contributed by atoms with E-state index in [9.17, 15) is 4.79 Å². The molecule has 1 atom stereocenters. The zero-order valence-electron chi connectivity index (χ0n) is 12.2. The standard InChI is InChI=1S/C17H12N2O3S/c1-21-11-6-4-5-10(9-11)19-16(20)15-14(18-17(19)23)12-7-2-3-8-13(12)22-15/h2-9,15H,1H3. The molecule has 0 radical (unpaired) electrons. The van der Waals surface area contributed by atoms with E-state index in [0.29, 0.717) is 22.9 Å². The molecule has 4 rings (SSSR count). The Morgan fingerprint density at radius 3 is 2.87 bits per heavy atom. The highest BCUT2D eigenvalue weighted by molar-refractivity contribution is 7.80. The molecule has 0 aromatic heterocycles. The highest BCUT2D eigenvalue weighted by Gasteiger charge is 2.43. The first-order chi connectivity index (χ1) is 11.2. The van der Waals surface area contributed by atoms with Gasteiger partial charge in [0.05, 0.1) is 12.8 Å². The summed E-state index contributed by atoms with van der Waals surface area (Å²) in [7, 11) is 1.57. The number of benzene rings is 2. The monoisotopic (exact) mass is 324 g/mol. The molecule has 114 valence electrons. The Balaban J connectivity index is 1.77. The van der Waals surface area contributed by atoms with E-state index < -0.39 is 6.10 Å². The molecule has 0 saturated carbocycles. The minimum atomic E-state index is -0.759. The molecule has 0 bridgehead atoms. The number of anilines is 1. The van der Waals surface area contributed by atoms with Crippen molar-refractivity contribution in [2.45, 2.75) is 6.10 Å². The summed E-state index contributed by atoms with van der Waals surface area (Å²) in [6.45, 7) is 0. The maximum atomic E-state index is 12.9. The van der Waals surface area contributed by atoms with E-state index in [2.05, 4.69) is 4.99 Å². The van der Waals surface area contributed by atoms with Crippen LogP contribution in [0.3, 0.4) is 0 Å². The van der Waals surface area contributed by atoms with Crippen LogP contribution in [0.4, 0.5) is 5.69 Å². The molecule has 5 nitrogen and oxygen atoms in total. The van der Waals surface area contributed by atoms with Gasteiger partial charge in [-0.25, -0.2) is 4.99 Å². The van der Waals surface area contributed by atoms with Crippen molar-refractivity contribution in [3.8, 4) is 11.5 Å². The van der Waals surface area contributed by atoms with E-state index >= 15 is 0 Å². The number of hydrogen-bond acceptors (Lipinski definition) is 4. The van der Waals surface area contributed by atoms with Gasteiger partial charge in [-0.15, -0.1) is 0 Å². The maximum Gasteiger partial charge on any atom is 0.280 e. The van der Waals surface area contributed by atoms with Crippen LogP contribution in [0.5, 0.6) is 11.5 Å². The van der Waals surface area contributed by atoms with Crippen LogP contribution in [0, 0.1) is 0 Å². The fourth-order valence-electron chi connectivity index (χ4n) is 2.74. The predicted octanol–water partition coefficient (Wildman–Crippen LogP) is 2.58. The Kier molecular flexibility index (Phi) is 3.12. The fraction of sp³-hybridized carbons (Fsp3) is 0.118. The highest BCUT2D eigenvalue weighted by atomic mass is 32.1. The van der Waals surface area contributed by atoms with Gasteiger partial charge in [0.25, 0.3) is 5.91 Å². The van der Waals surface area contributed by atoms with Crippen LogP contribution in [0.2, 0.25) is 0 Å². The largest absolute Gasteiger partial charge is 0.497 e. The van der Waals surface area contributed by atoms with Crippen LogP contribution in [-0.4, -0.2) is 29.9 Å². The van der Waals surface area contributed by atoms with Crippen molar-refractivity contribution in [2.75, 3.05) is 12.0 Å². The number of rotatable bonds is 2. The minimum Gasteiger partial charge on any atom is -0.497 e. The van der Waals surface area contributed by atoms with Gasteiger partial charge in [-0.3, -0.25) is 9.69 Å². The molecule has 6 heteroatoms. The van der Waals surface area contributed by atoms with E-state index in [-0.39, 0.29) is 11.0 Å². The summed E-state index contributed by atoms with van der Waals surface area (Å²) in [5.74, 6) is 1.05. The Morgan fingerprint density at radius 2 is 2.04 bits per heavy atom. The Labute approximate surface area is 138 Å². The van der Waals surface area contributed by atoms with Gasteiger partial charge in [0.15, 0.2) is 0 Å². The third-order valence-corrected chi connectivity index (χ3v) is 4.09. The first kappa shape index (κ1) is 13.9. The average molecular weight is 324 g/mol. The van der Waals surface area contributed by atoms with Gasteiger partial charge in [0, 0.05) is 11.6 Å². The van der Waals surface area contributed by atoms with Crippen molar-refractivity contribution in [1.29, 1.82) is 0 Å². The number of nitrogens with zero attached hydrogens (tertiary/aromatic N) is 2. The van der Waals surface area contributed by atoms with Crippen molar-refractivity contribution in [2.24, 2.45) is 4.99 Å². The molecular weight excluding hydrogens is 312 g/mol. The van der Waals surface area contributed by atoms with Crippen LogP contribution >= 0.6 is 12.2 Å². The van der Waals surface area contributed by atoms with Crippen molar-refractivity contribution in [3.63, 3.8) is 0 Å². The lowest BCUT2D eigenvalue weighted by atomic mass is 10.0. The van der Waals surface area contributed by atoms with E-state index in [0.717, 1.165) is 5.56 Å². The molecule has 2 heterocycles. The van der Waals surface area contributed by atoms with Crippen LogP contribution in [0.1, 0.15) is 5.56 Å². The number of aliphatic imine (C=N–C) groups is 1. The Hall–Kier alpha value is -2.73. The molecule has 0 aliphatic carbocycles. The predicted molar refractivity (Wildman–Crippen MR) is 90.5 cm³/mol. The second-order valence-electron chi connectivity index (χ2n) is 5.15. The number of para-hydroxylation sites is 1. The second-order valence-corrected chi connectivity index (χ2v) is 5.51. The third kappa shape index (κ3) is 2.10. The molecule has 23 heavy (non-hydrogen) atoms. The number of thiocarbonyl (C=S) groups is 1. The topological polar surface area (TPSA) is 51.1 Å². The van der Waals surface area contributed by atoms with E-state index in [1.807, 2.05) is 24.3 Å². The second kappa shape index (κ2) is 5.17. The van der Waals surface area contributed by atoms with Crippen molar-refractivity contribution in [3.05, 3.63) is 54.1 Å². The van der Waals surface area contributed by atoms with Gasteiger partial charge in [0.2, 0.25) is 11.2 Å². The molecule has 2 aliphatic rings. The number of amides is 1. The van der Waals surface area contributed by atoms with Gasteiger partial charge in [-0.05, 0) is 36.5 Å².